The normalized spacial score (nSPS) is 14.8. The Kier molecular flexibility index (Phi) is 7.06. The van der Waals surface area contributed by atoms with Crippen LogP contribution in [-0.2, 0) is 4.79 Å². The highest BCUT2D eigenvalue weighted by atomic mass is 79.9. The highest BCUT2D eigenvalue weighted by Gasteiger charge is 2.14. The maximum absolute atomic E-state index is 12.1. The van der Waals surface area contributed by atoms with Crippen molar-refractivity contribution in [3.63, 3.8) is 0 Å². The van der Waals surface area contributed by atoms with Crippen molar-refractivity contribution in [1.29, 1.82) is 0 Å². The summed E-state index contributed by atoms with van der Waals surface area (Å²) in [4.78, 5) is 21.1. The van der Waals surface area contributed by atoms with E-state index >= 15 is 0 Å². The van der Waals surface area contributed by atoms with Gasteiger partial charge in [0.2, 0.25) is 5.91 Å². The summed E-state index contributed by atoms with van der Waals surface area (Å²) in [5.74, 6) is 1.33. The molecule has 0 bridgehead atoms. The SMILES string of the molecule is CN1CCN(c2ccc(NC(=O)CCCOc3ccccc3Br)nc2)CC1. The molecule has 7 heteroatoms. The monoisotopic (exact) mass is 432 g/mol. The molecule has 27 heavy (non-hydrogen) atoms. The molecule has 0 unspecified atom stereocenters. The summed E-state index contributed by atoms with van der Waals surface area (Å²) < 4.78 is 6.59. The lowest BCUT2D eigenvalue weighted by atomic mass is 10.2. The molecule has 2 aromatic rings. The van der Waals surface area contributed by atoms with Crippen molar-refractivity contribution in [3.8, 4) is 5.75 Å². The number of anilines is 2. The van der Waals surface area contributed by atoms with Crippen molar-refractivity contribution < 1.29 is 9.53 Å². The molecule has 0 atom stereocenters. The van der Waals surface area contributed by atoms with Crippen molar-refractivity contribution in [2.24, 2.45) is 0 Å². The van der Waals surface area contributed by atoms with Gasteiger partial charge in [-0.2, -0.15) is 0 Å². The number of benzene rings is 1. The number of ether oxygens (including phenoxy) is 1. The summed E-state index contributed by atoms with van der Waals surface area (Å²) in [7, 11) is 2.14. The van der Waals surface area contributed by atoms with E-state index in [9.17, 15) is 4.79 Å². The van der Waals surface area contributed by atoms with Gasteiger partial charge in [-0.15, -0.1) is 0 Å². The smallest absolute Gasteiger partial charge is 0.225 e. The van der Waals surface area contributed by atoms with E-state index in [2.05, 4.69) is 43.1 Å². The molecule has 1 aliphatic heterocycles. The quantitative estimate of drug-likeness (QED) is 0.679. The van der Waals surface area contributed by atoms with E-state index < -0.39 is 0 Å². The van der Waals surface area contributed by atoms with Gasteiger partial charge in [0.25, 0.3) is 0 Å². The Labute approximate surface area is 168 Å². The third kappa shape index (κ3) is 5.94. The molecule has 3 rings (SSSR count). The summed E-state index contributed by atoms with van der Waals surface area (Å²) in [6.45, 7) is 4.61. The van der Waals surface area contributed by atoms with Crippen molar-refractivity contribution in [3.05, 3.63) is 47.1 Å². The van der Waals surface area contributed by atoms with E-state index in [4.69, 9.17) is 4.74 Å². The van der Waals surface area contributed by atoms with Gasteiger partial charge in [-0.3, -0.25) is 4.79 Å². The molecule has 1 aromatic carbocycles. The van der Waals surface area contributed by atoms with Crippen LogP contribution in [0.4, 0.5) is 11.5 Å². The van der Waals surface area contributed by atoms with Gasteiger partial charge < -0.3 is 19.9 Å². The average molecular weight is 433 g/mol. The van der Waals surface area contributed by atoms with Crippen molar-refractivity contribution >= 4 is 33.3 Å². The predicted octanol–water partition coefficient (Wildman–Crippen LogP) is 3.39. The highest BCUT2D eigenvalue weighted by molar-refractivity contribution is 9.10. The first-order valence-corrected chi connectivity index (χ1v) is 9.98. The Morgan fingerprint density at radius 2 is 1.96 bits per heavy atom. The number of para-hydroxylation sites is 1. The van der Waals surface area contributed by atoms with E-state index in [-0.39, 0.29) is 5.91 Å². The van der Waals surface area contributed by atoms with Gasteiger partial charge in [0.15, 0.2) is 0 Å². The van der Waals surface area contributed by atoms with Gasteiger partial charge in [0.05, 0.1) is 23.0 Å². The maximum Gasteiger partial charge on any atom is 0.225 e. The molecule has 6 nitrogen and oxygen atoms in total. The number of likely N-dealkylation sites (N-methyl/N-ethyl adjacent to an activating group) is 1. The van der Waals surface area contributed by atoms with Crippen LogP contribution in [0.3, 0.4) is 0 Å². The Morgan fingerprint density at radius 3 is 2.67 bits per heavy atom. The number of hydrogen-bond acceptors (Lipinski definition) is 5. The predicted molar refractivity (Wildman–Crippen MR) is 111 cm³/mol. The van der Waals surface area contributed by atoms with Crippen LogP contribution < -0.4 is 15.0 Å². The minimum Gasteiger partial charge on any atom is -0.492 e. The van der Waals surface area contributed by atoms with Gasteiger partial charge in [-0.1, -0.05) is 12.1 Å². The highest BCUT2D eigenvalue weighted by Crippen LogP contribution is 2.24. The number of rotatable bonds is 7. The maximum atomic E-state index is 12.1. The first-order chi connectivity index (χ1) is 13.1. The first kappa shape index (κ1) is 19.6. The van der Waals surface area contributed by atoms with E-state index in [1.165, 1.54) is 0 Å². The zero-order valence-corrected chi connectivity index (χ0v) is 17.1. The summed E-state index contributed by atoms with van der Waals surface area (Å²) in [6.07, 6.45) is 2.87. The molecule has 144 valence electrons. The minimum absolute atomic E-state index is 0.0504. The number of piperazine rings is 1. The molecule has 2 heterocycles. The van der Waals surface area contributed by atoms with Crippen molar-refractivity contribution in [2.75, 3.05) is 50.1 Å². The van der Waals surface area contributed by atoms with Gasteiger partial charge in [0, 0.05) is 32.6 Å². The fraction of sp³-hybridized carbons (Fsp3) is 0.400. The van der Waals surface area contributed by atoms with Crippen LogP contribution in [-0.4, -0.2) is 55.6 Å². The number of carbonyl (C=O) groups excluding carboxylic acids is 1. The van der Waals surface area contributed by atoms with Crippen LogP contribution in [0.2, 0.25) is 0 Å². The second kappa shape index (κ2) is 9.71. The van der Waals surface area contributed by atoms with E-state index in [0.717, 1.165) is 42.1 Å². The van der Waals surface area contributed by atoms with Crippen molar-refractivity contribution in [1.82, 2.24) is 9.88 Å². The Bertz CT molecular complexity index is 746. The standard InChI is InChI=1S/C20H25BrN4O2/c1-24-10-12-25(13-11-24)16-8-9-19(22-15-16)23-20(26)7-4-14-27-18-6-3-2-5-17(18)21/h2-3,5-6,8-9,15H,4,7,10-14H2,1H3,(H,22,23,26). The molecule has 1 aromatic heterocycles. The molecule has 0 radical (unpaired) electrons. The molecular formula is C20H25BrN4O2. The van der Waals surface area contributed by atoms with Crippen LogP contribution in [0, 0.1) is 0 Å². The molecule has 1 aliphatic rings. The minimum atomic E-state index is -0.0504. The molecule has 0 spiro atoms. The Hall–Kier alpha value is -2.12. The van der Waals surface area contributed by atoms with Crippen LogP contribution in [0.1, 0.15) is 12.8 Å². The number of halogens is 1. The van der Waals surface area contributed by atoms with E-state index in [0.29, 0.717) is 25.3 Å². The zero-order chi connectivity index (χ0) is 19.1. The number of nitrogens with zero attached hydrogens (tertiary/aromatic N) is 3. The van der Waals surface area contributed by atoms with Gasteiger partial charge in [-0.05, 0) is 53.7 Å². The molecule has 1 amide bonds. The number of aromatic nitrogens is 1. The molecule has 0 saturated carbocycles. The Balaban J connectivity index is 1.39. The van der Waals surface area contributed by atoms with Crippen LogP contribution in [0.15, 0.2) is 47.1 Å². The first-order valence-electron chi connectivity index (χ1n) is 9.18. The zero-order valence-electron chi connectivity index (χ0n) is 15.5. The molecule has 1 N–H and O–H groups in total. The molecular weight excluding hydrogens is 408 g/mol. The third-order valence-corrected chi connectivity index (χ3v) is 5.18. The lowest BCUT2D eigenvalue weighted by Crippen LogP contribution is -2.44. The number of nitrogens with one attached hydrogen (secondary N) is 1. The van der Waals surface area contributed by atoms with Crippen LogP contribution in [0.25, 0.3) is 0 Å². The van der Waals surface area contributed by atoms with Crippen LogP contribution >= 0.6 is 15.9 Å². The third-order valence-electron chi connectivity index (χ3n) is 4.53. The molecule has 1 fully saturated rings. The summed E-state index contributed by atoms with van der Waals surface area (Å²) >= 11 is 3.44. The fourth-order valence-electron chi connectivity index (χ4n) is 2.89. The summed E-state index contributed by atoms with van der Waals surface area (Å²) in [6, 6.07) is 11.6. The molecule has 0 aliphatic carbocycles. The fourth-order valence-corrected chi connectivity index (χ4v) is 3.29. The number of pyridine rings is 1. The second-order valence-corrected chi connectivity index (χ2v) is 7.48. The summed E-state index contributed by atoms with van der Waals surface area (Å²) in [5, 5.41) is 2.85. The lowest BCUT2D eigenvalue weighted by molar-refractivity contribution is -0.116. The van der Waals surface area contributed by atoms with Gasteiger partial charge in [0.1, 0.15) is 11.6 Å². The van der Waals surface area contributed by atoms with Gasteiger partial charge >= 0.3 is 0 Å². The Morgan fingerprint density at radius 1 is 1.19 bits per heavy atom. The largest absolute Gasteiger partial charge is 0.492 e. The lowest BCUT2D eigenvalue weighted by Gasteiger charge is -2.33. The van der Waals surface area contributed by atoms with E-state index in [1.54, 1.807) is 0 Å². The average Bonchev–Trinajstić information content (AvgIpc) is 2.68. The number of carbonyl (C=O) groups is 1. The van der Waals surface area contributed by atoms with Crippen LogP contribution in [0.5, 0.6) is 5.75 Å². The topological polar surface area (TPSA) is 57.7 Å². The number of hydrogen-bond donors (Lipinski definition) is 1. The second-order valence-electron chi connectivity index (χ2n) is 6.62. The molecule has 1 saturated heterocycles. The summed E-state index contributed by atoms with van der Waals surface area (Å²) in [5.41, 5.74) is 1.10. The number of amides is 1. The van der Waals surface area contributed by atoms with Crippen molar-refractivity contribution in [2.45, 2.75) is 12.8 Å². The van der Waals surface area contributed by atoms with E-state index in [1.807, 2.05) is 42.6 Å². The van der Waals surface area contributed by atoms with Gasteiger partial charge in [-0.25, -0.2) is 4.98 Å².